The molecule has 0 bridgehead atoms. The van der Waals surface area contributed by atoms with Gasteiger partial charge in [0, 0.05) is 0 Å². The topological polar surface area (TPSA) is 104 Å². The highest BCUT2D eigenvalue weighted by atomic mass is 32.2. The van der Waals surface area contributed by atoms with Gasteiger partial charge in [0.15, 0.2) is 0 Å². The Hall–Kier alpha value is -0.0100. The molecule has 1 atom stereocenters. The first-order valence-electron chi connectivity index (χ1n) is 3.87. The van der Waals surface area contributed by atoms with Gasteiger partial charge in [-0.1, -0.05) is 0 Å². The van der Waals surface area contributed by atoms with E-state index in [4.69, 9.17) is 20.5 Å². The lowest BCUT2D eigenvalue weighted by molar-refractivity contribution is -0.0168. The molecule has 0 aromatic heterocycles. The number of hydrogen-bond acceptors (Lipinski definition) is 4. The van der Waals surface area contributed by atoms with Gasteiger partial charge in [-0.15, -0.1) is 0 Å². The second-order valence-electron chi connectivity index (χ2n) is 3.56. The fraction of sp³-hybridized carbons (Fsp3) is 1.00. The molecule has 0 fully saturated rings. The minimum absolute atomic E-state index is 0.462. The first kappa shape index (κ1) is 13.0. The van der Waals surface area contributed by atoms with Crippen LogP contribution in [0.25, 0.3) is 0 Å². The largest absolute Gasteiger partial charge is 0.396 e. The van der Waals surface area contributed by atoms with E-state index in [-0.39, 0.29) is 0 Å². The van der Waals surface area contributed by atoms with Crippen LogP contribution < -0.4 is 5.14 Å². The molecular formula is C7H17NO4S. The Labute approximate surface area is 80.2 Å². The van der Waals surface area contributed by atoms with Crippen LogP contribution in [0.5, 0.6) is 0 Å². The van der Waals surface area contributed by atoms with Crippen molar-refractivity contribution in [2.75, 3.05) is 19.8 Å². The molecule has 0 saturated heterocycles. The van der Waals surface area contributed by atoms with Gasteiger partial charge in [0.05, 0.1) is 41.0 Å². The molecule has 1 unspecified atom stereocenters. The molecule has 0 radical (unpaired) electrons. The Morgan fingerprint density at radius 3 is 1.54 bits per heavy atom. The van der Waals surface area contributed by atoms with E-state index in [1.807, 2.05) is 0 Å². The zero-order valence-corrected chi connectivity index (χ0v) is 8.67. The van der Waals surface area contributed by atoms with E-state index < -0.39 is 41.0 Å². The Morgan fingerprint density at radius 1 is 1.15 bits per heavy atom. The first-order valence-corrected chi connectivity index (χ1v) is 5.08. The number of hydrogen-bond donors (Lipinski definition) is 4. The second kappa shape index (κ2) is 4.47. The van der Waals surface area contributed by atoms with Crippen LogP contribution >= 0.6 is 0 Å². The quantitative estimate of drug-likeness (QED) is 0.437. The van der Waals surface area contributed by atoms with Crippen LogP contribution in [0.2, 0.25) is 0 Å². The van der Waals surface area contributed by atoms with E-state index in [0.717, 1.165) is 0 Å². The third kappa shape index (κ3) is 2.08. The summed E-state index contributed by atoms with van der Waals surface area (Å²) in [6, 6.07) is 0. The fourth-order valence-electron chi connectivity index (χ4n) is 0.935. The molecule has 13 heavy (non-hydrogen) atoms. The van der Waals surface area contributed by atoms with Gasteiger partial charge in [0.2, 0.25) is 0 Å². The summed E-state index contributed by atoms with van der Waals surface area (Å²) in [6.07, 6.45) is 0. The lowest BCUT2D eigenvalue weighted by atomic mass is 9.78. The van der Waals surface area contributed by atoms with Crippen LogP contribution in [0.15, 0.2) is 0 Å². The van der Waals surface area contributed by atoms with Crippen molar-refractivity contribution in [3.8, 4) is 0 Å². The highest BCUT2D eigenvalue weighted by Crippen LogP contribution is 2.33. The van der Waals surface area contributed by atoms with Crippen LogP contribution in [-0.4, -0.2) is 44.1 Å². The van der Waals surface area contributed by atoms with Crippen molar-refractivity contribution in [3.05, 3.63) is 0 Å². The number of aliphatic hydroxyl groups is 3. The summed E-state index contributed by atoms with van der Waals surface area (Å²) in [4.78, 5) is 0. The molecule has 6 heteroatoms. The average Bonchev–Trinajstić information content (AvgIpc) is 2.08. The Kier molecular flexibility index (Phi) is 4.47. The summed E-state index contributed by atoms with van der Waals surface area (Å²) < 4.78 is 10.1. The summed E-state index contributed by atoms with van der Waals surface area (Å²) in [6.45, 7) is 1.68. The predicted octanol–water partition coefficient (Wildman–Crippen LogP) is -1.65. The molecule has 5 nitrogen and oxygen atoms in total. The molecule has 0 saturated carbocycles. The van der Waals surface area contributed by atoms with Crippen molar-refractivity contribution in [1.82, 2.24) is 0 Å². The molecule has 80 valence electrons. The predicted molar refractivity (Wildman–Crippen MR) is 50.1 cm³/mol. The second-order valence-corrected chi connectivity index (χ2v) is 5.18. The number of rotatable bonds is 5. The third-order valence-corrected chi connectivity index (χ3v) is 4.13. The van der Waals surface area contributed by atoms with E-state index in [1.165, 1.54) is 13.8 Å². The number of nitrogens with two attached hydrogens (primary N) is 1. The molecule has 0 aliphatic carbocycles. The van der Waals surface area contributed by atoms with E-state index in [9.17, 15) is 4.21 Å². The summed E-state index contributed by atoms with van der Waals surface area (Å²) in [5, 5.41) is 32.4. The summed E-state index contributed by atoms with van der Waals surface area (Å²) >= 11 is 0. The average molecular weight is 211 g/mol. The van der Waals surface area contributed by atoms with Crippen molar-refractivity contribution in [3.63, 3.8) is 0 Å². The van der Waals surface area contributed by atoms with Gasteiger partial charge in [-0.3, -0.25) is 5.14 Å². The van der Waals surface area contributed by atoms with Crippen LogP contribution in [0.3, 0.4) is 0 Å². The Balaban J connectivity index is 5.02. The van der Waals surface area contributed by atoms with E-state index in [2.05, 4.69) is 0 Å². The summed E-state index contributed by atoms with van der Waals surface area (Å²) in [7, 11) is -1.72. The SMILES string of the molecule is CC(C)(S(N)=O)C(CO)(CO)CO. The Bertz CT molecular complexity index is 183. The van der Waals surface area contributed by atoms with Gasteiger partial charge in [-0.2, -0.15) is 0 Å². The van der Waals surface area contributed by atoms with E-state index in [1.54, 1.807) is 0 Å². The van der Waals surface area contributed by atoms with Gasteiger partial charge >= 0.3 is 0 Å². The van der Waals surface area contributed by atoms with Gasteiger partial charge in [0.1, 0.15) is 0 Å². The molecule has 0 spiro atoms. The minimum atomic E-state index is -1.72. The van der Waals surface area contributed by atoms with Crippen molar-refractivity contribution < 1.29 is 19.5 Å². The van der Waals surface area contributed by atoms with Crippen molar-refractivity contribution in [2.24, 2.45) is 10.6 Å². The van der Waals surface area contributed by atoms with E-state index in [0.29, 0.717) is 0 Å². The van der Waals surface area contributed by atoms with Crippen molar-refractivity contribution in [1.29, 1.82) is 0 Å². The van der Waals surface area contributed by atoms with Crippen LogP contribution in [0.1, 0.15) is 13.8 Å². The van der Waals surface area contributed by atoms with Crippen LogP contribution in [0, 0.1) is 5.41 Å². The highest BCUT2D eigenvalue weighted by Gasteiger charge is 2.47. The monoisotopic (exact) mass is 211 g/mol. The lowest BCUT2D eigenvalue weighted by Gasteiger charge is -2.40. The third-order valence-electron chi connectivity index (χ3n) is 2.69. The normalized spacial score (nSPS) is 15.8. The van der Waals surface area contributed by atoms with E-state index >= 15 is 0 Å². The molecule has 0 aliphatic rings. The highest BCUT2D eigenvalue weighted by molar-refractivity contribution is 7.84. The summed E-state index contributed by atoms with van der Waals surface area (Å²) in [5.41, 5.74) is -1.22. The molecule has 5 N–H and O–H groups in total. The molecule has 0 aromatic carbocycles. The minimum Gasteiger partial charge on any atom is -0.396 e. The molecule has 0 amide bonds. The van der Waals surface area contributed by atoms with Crippen LogP contribution in [-0.2, 0) is 11.0 Å². The maximum Gasteiger partial charge on any atom is 0.0954 e. The fourth-order valence-corrected chi connectivity index (χ4v) is 1.55. The van der Waals surface area contributed by atoms with Crippen molar-refractivity contribution >= 4 is 11.0 Å². The first-order chi connectivity index (χ1) is 5.88. The van der Waals surface area contributed by atoms with Gasteiger partial charge in [-0.25, -0.2) is 4.21 Å². The molecule has 0 aromatic rings. The number of aliphatic hydroxyl groups excluding tert-OH is 3. The lowest BCUT2D eigenvalue weighted by Crippen LogP contribution is -2.55. The maximum atomic E-state index is 11.1. The molecule has 0 heterocycles. The van der Waals surface area contributed by atoms with Crippen LogP contribution in [0.4, 0.5) is 0 Å². The maximum absolute atomic E-state index is 11.1. The zero-order chi connectivity index (χ0) is 10.7. The van der Waals surface area contributed by atoms with Gasteiger partial charge in [0.25, 0.3) is 0 Å². The van der Waals surface area contributed by atoms with Crippen molar-refractivity contribution in [2.45, 2.75) is 18.6 Å². The smallest absolute Gasteiger partial charge is 0.0954 e. The summed E-state index contributed by atoms with van der Waals surface area (Å²) in [5.74, 6) is 0. The molecular weight excluding hydrogens is 194 g/mol. The van der Waals surface area contributed by atoms with Gasteiger partial charge < -0.3 is 15.3 Å². The molecule has 0 rings (SSSR count). The van der Waals surface area contributed by atoms with Gasteiger partial charge in [-0.05, 0) is 13.8 Å². The molecule has 0 aliphatic heterocycles. The Morgan fingerprint density at radius 2 is 1.46 bits per heavy atom. The standard InChI is InChI=1S/C7H17NO4S/c1-6(2,13(8)12)7(3-9,4-10)5-11/h9-11H,3-5,8H2,1-2H3. The zero-order valence-electron chi connectivity index (χ0n) is 7.86.